The van der Waals surface area contributed by atoms with Crippen molar-refractivity contribution in [2.24, 2.45) is 5.92 Å². The minimum atomic E-state index is 0. The van der Waals surface area contributed by atoms with Crippen molar-refractivity contribution in [3.8, 4) is 0 Å². The summed E-state index contributed by atoms with van der Waals surface area (Å²) in [6.45, 7) is 1.81. The van der Waals surface area contributed by atoms with E-state index in [-0.39, 0.29) is 36.8 Å². The van der Waals surface area contributed by atoms with E-state index < -0.39 is 0 Å². The van der Waals surface area contributed by atoms with Crippen molar-refractivity contribution in [3.05, 3.63) is 0 Å². The molecule has 5 nitrogen and oxygen atoms in total. The highest BCUT2D eigenvalue weighted by molar-refractivity contribution is 5.85. The predicted molar refractivity (Wildman–Crippen MR) is 90.1 cm³/mol. The minimum Gasteiger partial charge on any atom is -0.347 e. The lowest BCUT2D eigenvalue weighted by Crippen LogP contribution is -2.45. The van der Waals surface area contributed by atoms with Gasteiger partial charge in [0.1, 0.15) is 0 Å². The number of nitrogens with zero attached hydrogens (tertiary/aromatic N) is 1. The molecule has 0 aromatic heterocycles. The number of likely N-dealkylation sites (N-methyl/N-ethyl adjacent to an activating group) is 1. The van der Waals surface area contributed by atoms with E-state index in [0.717, 1.165) is 38.3 Å². The van der Waals surface area contributed by atoms with Crippen LogP contribution in [0.5, 0.6) is 0 Å². The summed E-state index contributed by atoms with van der Waals surface area (Å²) in [6.07, 6.45) is 8.83. The number of carbonyl (C=O) groups is 2. The van der Waals surface area contributed by atoms with Gasteiger partial charge in [0, 0.05) is 25.6 Å². The molecular formula is C16H30ClN3O2. The van der Waals surface area contributed by atoms with Crippen LogP contribution >= 0.6 is 12.4 Å². The van der Waals surface area contributed by atoms with Crippen LogP contribution in [0.4, 0.5) is 0 Å². The van der Waals surface area contributed by atoms with Crippen molar-refractivity contribution in [1.29, 1.82) is 0 Å². The molecule has 1 atom stereocenters. The molecule has 0 aromatic rings. The second-order valence-corrected chi connectivity index (χ2v) is 6.41. The summed E-state index contributed by atoms with van der Waals surface area (Å²) in [6, 6.07) is 0.290. The van der Waals surface area contributed by atoms with Gasteiger partial charge in [-0.1, -0.05) is 25.7 Å². The number of hydrogen-bond acceptors (Lipinski definition) is 3. The molecule has 2 rings (SSSR count). The molecule has 6 heteroatoms. The lowest BCUT2D eigenvalue weighted by Gasteiger charge is -2.24. The average molecular weight is 332 g/mol. The highest BCUT2D eigenvalue weighted by Gasteiger charge is 2.27. The molecule has 0 spiro atoms. The van der Waals surface area contributed by atoms with Crippen LogP contribution < -0.4 is 10.6 Å². The first-order valence-electron chi connectivity index (χ1n) is 8.41. The van der Waals surface area contributed by atoms with E-state index in [1.165, 1.54) is 25.7 Å². The molecule has 2 N–H and O–H groups in total. The van der Waals surface area contributed by atoms with Crippen molar-refractivity contribution >= 4 is 24.2 Å². The normalized spacial score (nSPS) is 21.7. The van der Waals surface area contributed by atoms with E-state index in [1.807, 2.05) is 11.9 Å². The van der Waals surface area contributed by atoms with Crippen LogP contribution in [0.3, 0.4) is 0 Å². The van der Waals surface area contributed by atoms with Gasteiger partial charge >= 0.3 is 0 Å². The second kappa shape index (κ2) is 10.1. The van der Waals surface area contributed by atoms with Crippen LogP contribution in [0.1, 0.15) is 51.4 Å². The van der Waals surface area contributed by atoms with Crippen molar-refractivity contribution in [1.82, 2.24) is 15.5 Å². The van der Waals surface area contributed by atoms with Crippen LogP contribution in [0.2, 0.25) is 0 Å². The van der Waals surface area contributed by atoms with Gasteiger partial charge in [0.25, 0.3) is 0 Å². The van der Waals surface area contributed by atoms with E-state index in [0.29, 0.717) is 6.42 Å². The summed E-state index contributed by atoms with van der Waals surface area (Å²) < 4.78 is 0. The fourth-order valence-electron chi connectivity index (χ4n) is 3.61. The summed E-state index contributed by atoms with van der Waals surface area (Å²) in [5.41, 5.74) is 0. The fourth-order valence-corrected chi connectivity index (χ4v) is 3.61. The summed E-state index contributed by atoms with van der Waals surface area (Å²) in [5, 5.41) is 5.93. The summed E-state index contributed by atoms with van der Waals surface area (Å²) >= 11 is 0. The Morgan fingerprint density at radius 2 is 1.86 bits per heavy atom. The maximum absolute atomic E-state index is 12.2. The topological polar surface area (TPSA) is 61.4 Å². The van der Waals surface area contributed by atoms with Gasteiger partial charge in [-0.2, -0.15) is 0 Å². The zero-order valence-corrected chi connectivity index (χ0v) is 14.4. The van der Waals surface area contributed by atoms with Gasteiger partial charge in [-0.3, -0.25) is 9.59 Å². The second-order valence-electron chi connectivity index (χ2n) is 6.41. The van der Waals surface area contributed by atoms with E-state index in [2.05, 4.69) is 10.6 Å². The Labute approximate surface area is 140 Å². The molecular weight excluding hydrogens is 302 g/mol. The zero-order chi connectivity index (χ0) is 15.1. The Hall–Kier alpha value is -0.810. The zero-order valence-electron chi connectivity index (χ0n) is 13.6. The fraction of sp³-hybridized carbons (Fsp3) is 0.875. The van der Waals surface area contributed by atoms with E-state index in [1.54, 1.807) is 0 Å². The lowest BCUT2D eigenvalue weighted by molar-refractivity contribution is -0.133. The number of carbonyl (C=O) groups excluding carboxylic acids is 2. The molecule has 1 aliphatic heterocycles. The molecule has 1 saturated heterocycles. The van der Waals surface area contributed by atoms with Gasteiger partial charge in [-0.15, -0.1) is 12.4 Å². The molecule has 0 radical (unpaired) electrons. The molecule has 2 fully saturated rings. The number of nitrogens with one attached hydrogen (secondary N) is 2. The van der Waals surface area contributed by atoms with Crippen LogP contribution in [0.15, 0.2) is 0 Å². The van der Waals surface area contributed by atoms with Crippen molar-refractivity contribution in [2.45, 2.75) is 57.4 Å². The third-order valence-corrected chi connectivity index (χ3v) is 4.83. The third-order valence-electron chi connectivity index (χ3n) is 4.83. The summed E-state index contributed by atoms with van der Waals surface area (Å²) in [4.78, 5) is 25.9. The SMILES string of the molecule is CNCC1CCCN1C(=O)CNC(=O)CCC1CCCC1.Cl. The predicted octanol–water partition coefficient (Wildman–Crippen LogP) is 1.71. The molecule has 0 bridgehead atoms. The van der Waals surface area contributed by atoms with Crippen molar-refractivity contribution in [3.63, 3.8) is 0 Å². The number of hydrogen-bond donors (Lipinski definition) is 2. The van der Waals surface area contributed by atoms with Gasteiger partial charge in [-0.25, -0.2) is 0 Å². The van der Waals surface area contributed by atoms with E-state index >= 15 is 0 Å². The Morgan fingerprint density at radius 1 is 1.14 bits per heavy atom. The molecule has 1 aliphatic carbocycles. The molecule has 2 aliphatic rings. The Balaban J connectivity index is 0.00000242. The molecule has 1 heterocycles. The number of rotatable bonds is 7. The van der Waals surface area contributed by atoms with Crippen LogP contribution in [-0.4, -0.2) is 49.4 Å². The number of halogens is 1. The lowest BCUT2D eigenvalue weighted by atomic mass is 10.0. The third kappa shape index (κ3) is 5.76. The van der Waals surface area contributed by atoms with E-state index in [4.69, 9.17) is 0 Å². The smallest absolute Gasteiger partial charge is 0.242 e. The monoisotopic (exact) mass is 331 g/mol. The van der Waals surface area contributed by atoms with E-state index in [9.17, 15) is 9.59 Å². The molecule has 128 valence electrons. The van der Waals surface area contributed by atoms with Crippen LogP contribution in [-0.2, 0) is 9.59 Å². The Morgan fingerprint density at radius 3 is 2.55 bits per heavy atom. The standard InChI is InChI=1S/C16H29N3O2.ClH/c1-17-11-14-7-4-10-19(14)16(21)12-18-15(20)9-8-13-5-2-3-6-13;/h13-14,17H,2-12H2,1H3,(H,18,20);1H. The van der Waals surface area contributed by atoms with Gasteiger partial charge in [0.15, 0.2) is 0 Å². The average Bonchev–Trinajstić information content (AvgIpc) is 3.14. The quantitative estimate of drug-likeness (QED) is 0.746. The molecule has 0 aromatic carbocycles. The summed E-state index contributed by atoms with van der Waals surface area (Å²) in [7, 11) is 1.91. The highest BCUT2D eigenvalue weighted by atomic mass is 35.5. The van der Waals surface area contributed by atoms with Gasteiger partial charge in [0.2, 0.25) is 11.8 Å². The number of likely N-dealkylation sites (tertiary alicyclic amines) is 1. The van der Waals surface area contributed by atoms with Gasteiger partial charge < -0.3 is 15.5 Å². The van der Waals surface area contributed by atoms with Gasteiger partial charge in [0.05, 0.1) is 6.54 Å². The minimum absolute atomic E-state index is 0. The summed E-state index contributed by atoms with van der Waals surface area (Å²) in [5.74, 6) is 0.812. The van der Waals surface area contributed by atoms with Crippen LogP contribution in [0.25, 0.3) is 0 Å². The maximum Gasteiger partial charge on any atom is 0.242 e. The molecule has 1 saturated carbocycles. The Kier molecular flexibility index (Phi) is 8.79. The molecule has 1 unspecified atom stereocenters. The first-order valence-corrected chi connectivity index (χ1v) is 8.41. The largest absolute Gasteiger partial charge is 0.347 e. The van der Waals surface area contributed by atoms with Crippen molar-refractivity contribution in [2.75, 3.05) is 26.7 Å². The van der Waals surface area contributed by atoms with Crippen LogP contribution in [0, 0.1) is 5.92 Å². The first kappa shape index (κ1) is 19.2. The highest BCUT2D eigenvalue weighted by Crippen LogP contribution is 2.28. The van der Waals surface area contributed by atoms with Gasteiger partial charge in [-0.05, 0) is 32.2 Å². The molecule has 22 heavy (non-hydrogen) atoms. The first-order chi connectivity index (χ1) is 10.2. The Bertz CT molecular complexity index is 359. The maximum atomic E-state index is 12.2. The molecule has 2 amide bonds. The van der Waals surface area contributed by atoms with Crippen molar-refractivity contribution < 1.29 is 9.59 Å². The number of amides is 2.